The van der Waals surface area contributed by atoms with E-state index in [0.29, 0.717) is 55.5 Å². The number of pyridine rings is 1. The number of nitrogens with zero attached hydrogens (tertiary/aromatic N) is 2. The molecule has 188 valence electrons. The zero-order valence-electron chi connectivity index (χ0n) is 19.8. The highest BCUT2D eigenvalue weighted by Gasteiger charge is 2.41. The van der Waals surface area contributed by atoms with Gasteiger partial charge in [-0.1, -0.05) is 64.7 Å². The van der Waals surface area contributed by atoms with E-state index in [0.717, 1.165) is 41.7 Å². The van der Waals surface area contributed by atoms with Gasteiger partial charge < -0.3 is 14.4 Å². The van der Waals surface area contributed by atoms with Crippen molar-refractivity contribution in [1.29, 1.82) is 0 Å². The van der Waals surface area contributed by atoms with Crippen LogP contribution in [-0.4, -0.2) is 15.2 Å². The quantitative estimate of drug-likeness (QED) is 0.221. The van der Waals surface area contributed by atoms with Crippen molar-refractivity contribution in [2.24, 2.45) is 0 Å². The maximum atomic E-state index is 9.50. The SMILES string of the molecule is C=C(O)c1ccc(C2CC2c2ccc(OCc3c(-c4c(Cl)cccc4Cl)noc3C3CC3)cc2Cl)cn1. The molecule has 2 saturated carbocycles. The Bertz CT molecular complexity index is 1470. The molecule has 2 aromatic carbocycles. The van der Waals surface area contributed by atoms with Crippen LogP contribution in [0.3, 0.4) is 0 Å². The van der Waals surface area contributed by atoms with Gasteiger partial charge in [0.2, 0.25) is 0 Å². The molecule has 2 atom stereocenters. The van der Waals surface area contributed by atoms with E-state index < -0.39 is 0 Å². The fraction of sp³-hybridized carbons (Fsp3) is 0.241. The van der Waals surface area contributed by atoms with Gasteiger partial charge in [0, 0.05) is 22.7 Å². The third-order valence-electron chi connectivity index (χ3n) is 7.02. The van der Waals surface area contributed by atoms with E-state index in [1.807, 2.05) is 24.3 Å². The highest BCUT2D eigenvalue weighted by Crippen LogP contribution is 2.56. The highest BCUT2D eigenvalue weighted by molar-refractivity contribution is 6.39. The lowest BCUT2D eigenvalue weighted by Crippen LogP contribution is -2.00. The first kappa shape index (κ1) is 24.4. The minimum Gasteiger partial charge on any atom is -0.506 e. The van der Waals surface area contributed by atoms with E-state index in [4.69, 9.17) is 44.1 Å². The van der Waals surface area contributed by atoms with Crippen LogP contribution in [0.25, 0.3) is 17.0 Å². The smallest absolute Gasteiger partial charge is 0.147 e. The largest absolute Gasteiger partial charge is 0.506 e. The van der Waals surface area contributed by atoms with Gasteiger partial charge in [-0.2, -0.15) is 0 Å². The van der Waals surface area contributed by atoms with Crippen LogP contribution in [0.4, 0.5) is 0 Å². The molecule has 1 N–H and O–H groups in total. The molecule has 0 radical (unpaired) electrons. The molecule has 2 heterocycles. The number of halogens is 3. The summed E-state index contributed by atoms with van der Waals surface area (Å²) in [5.74, 6) is 2.48. The number of aromatic nitrogens is 2. The van der Waals surface area contributed by atoms with Crippen LogP contribution in [0, 0.1) is 0 Å². The summed E-state index contributed by atoms with van der Waals surface area (Å²) in [5.41, 5.74) is 4.82. The number of ether oxygens (including phenoxy) is 1. The van der Waals surface area contributed by atoms with Gasteiger partial charge in [0.15, 0.2) is 0 Å². The topological polar surface area (TPSA) is 68.4 Å². The van der Waals surface area contributed by atoms with Crippen molar-refractivity contribution in [2.75, 3.05) is 0 Å². The maximum absolute atomic E-state index is 9.50. The van der Waals surface area contributed by atoms with Gasteiger partial charge >= 0.3 is 0 Å². The van der Waals surface area contributed by atoms with Crippen LogP contribution in [0.1, 0.15) is 65.2 Å². The summed E-state index contributed by atoms with van der Waals surface area (Å²) < 4.78 is 11.9. The van der Waals surface area contributed by atoms with Crippen molar-refractivity contribution in [3.05, 3.63) is 105 Å². The fourth-order valence-electron chi connectivity index (χ4n) is 4.80. The van der Waals surface area contributed by atoms with Crippen molar-refractivity contribution in [3.8, 4) is 17.0 Å². The Balaban J connectivity index is 1.19. The normalized spacial score (nSPS) is 18.6. The van der Waals surface area contributed by atoms with E-state index in [2.05, 4.69) is 16.7 Å². The molecule has 0 saturated heterocycles. The molecule has 2 aliphatic rings. The van der Waals surface area contributed by atoms with Crippen LogP contribution in [-0.2, 0) is 6.61 Å². The molecule has 6 rings (SSSR count). The first-order valence-corrected chi connectivity index (χ1v) is 13.2. The summed E-state index contributed by atoms with van der Waals surface area (Å²) in [6.45, 7) is 3.78. The van der Waals surface area contributed by atoms with Crippen LogP contribution >= 0.6 is 34.8 Å². The number of benzene rings is 2. The molecule has 4 aromatic rings. The standard InChI is InChI=1S/C29H23Cl3N2O3/c1-15(35)26-10-7-17(13-33-26)20-12-21(20)19-9-8-18(11-25(19)32)36-14-22-28(34-37-29(22)16-5-6-16)27-23(30)3-2-4-24(27)31/h2-4,7-11,13,16,20-21,35H,1,5-6,12,14H2. The Kier molecular flexibility index (Phi) is 6.39. The van der Waals surface area contributed by atoms with Crippen LogP contribution < -0.4 is 4.74 Å². The minimum atomic E-state index is -0.0323. The molecule has 2 aromatic heterocycles. The molecular formula is C29H23Cl3N2O3. The summed E-state index contributed by atoms with van der Waals surface area (Å²) in [4.78, 5) is 4.28. The average molecular weight is 554 g/mol. The second kappa shape index (κ2) is 9.71. The first-order chi connectivity index (χ1) is 17.9. The van der Waals surface area contributed by atoms with Crippen LogP contribution in [0.5, 0.6) is 5.75 Å². The summed E-state index contributed by atoms with van der Waals surface area (Å²) in [5, 5.41) is 15.5. The zero-order chi connectivity index (χ0) is 25.7. The predicted octanol–water partition coefficient (Wildman–Crippen LogP) is 8.95. The molecule has 0 bridgehead atoms. The van der Waals surface area contributed by atoms with Gasteiger partial charge in [-0.25, -0.2) is 0 Å². The van der Waals surface area contributed by atoms with E-state index in [9.17, 15) is 5.11 Å². The fourth-order valence-corrected chi connectivity index (χ4v) is 5.69. The molecule has 0 aliphatic heterocycles. The number of rotatable bonds is 8. The average Bonchev–Trinajstić information content (AvgIpc) is 3.81. The van der Waals surface area contributed by atoms with E-state index in [-0.39, 0.29) is 12.4 Å². The summed E-state index contributed by atoms with van der Waals surface area (Å²) in [7, 11) is 0. The molecule has 0 amide bonds. The number of aliphatic hydroxyl groups excluding tert-OH is 1. The lowest BCUT2D eigenvalue weighted by atomic mass is 10.0. The third-order valence-corrected chi connectivity index (χ3v) is 7.98. The lowest BCUT2D eigenvalue weighted by molar-refractivity contribution is 0.300. The summed E-state index contributed by atoms with van der Waals surface area (Å²) in [6, 6.07) is 15.0. The summed E-state index contributed by atoms with van der Waals surface area (Å²) in [6.07, 6.45) is 4.92. The minimum absolute atomic E-state index is 0.0323. The van der Waals surface area contributed by atoms with Gasteiger partial charge in [0.1, 0.15) is 35.3 Å². The molecule has 37 heavy (non-hydrogen) atoms. The molecule has 0 spiro atoms. The van der Waals surface area contributed by atoms with Crippen LogP contribution in [0.2, 0.25) is 15.1 Å². The van der Waals surface area contributed by atoms with Gasteiger partial charge in [-0.3, -0.25) is 4.98 Å². The van der Waals surface area contributed by atoms with E-state index >= 15 is 0 Å². The molecule has 8 heteroatoms. The molecular weight excluding hydrogens is 531 g/mol. The lowest BCUT2D eigenvalue weighted by Gasteiger charge is -2.11. The second-order valence-corrected chi connectivity index (χ2v) is 10.8. The van der Waals surface area contributed by atoms with Crippen LogP contribution in [0.15, 0.2) is 65.8 Å². The van der Waals surface area contributed by atoms with Crippen molar-refractivity contribution in [2.45, 2.75) is 43.6 Å². The summed E-state index contributed by atoms with van der Waals surface area (Å²) >= 11 is 19.6. The van der Waals surface area contributed by atoms with Gasteiger partial charge in [-0.15, -0.1) is 0 Å². The second-order valence-electron chi connectivity index (χ2n) is 9.59. The Hall–Kier alpha value is -2.99. The van der Waals surface area contributed by atoms with E-state index in [1.54, 1.807) is 30.5 Å². The molecule has 2 aliphatic carbocycles. The molecule has 2 fully saturated rings. The first-order valence-electron chi connectivity index (χ1n) is 12.1. The number of hydrogen-bond donors (Lipinski definition) is 1. The van der Waals surface area contributed by atoms with Crippen molar-refractivity contribution >= 4 is 40.6 Å². The van der Waals surface area contributed by atoms with Gasteiger partial charge in [0.05, 0.1) is 15.6 Å². The Morgan fingerprint density at radius 2 is 1.81 bits per heavy atom. The van der Waals surface area contributed by atoms with Crippen molar-refractivity contribution in [1.82, 2.24) is 10.1 Å². The maximum Gasteiger partial charge on any atom is 0.147 e. The predicted molar refractivity (Wildman–Crippen MR) is 146 cm³/mol. The number of aliphatic hydroxyl groups is 1. The zero-order valence-corrected chi connectivity index (χ0v) is 22.0. The monoisotopic (exact) mass is 552 g/mol. The van der Waals surface area contributed by atoms with Gasteiger partial charge in [0.25, 0.3) is 0 Å². The number of hydrogen-bond acceptors (Lipinski definition) is 5. The Morgan fingerprint density at radius 1 is 1.03 bits per heavy atom. The van der Waals surface area contributed by atoms with Gasteiger partial charge in [-0.05, 0) is 72.6 Å². The van der Waals surface area contributed by atoms with Crippen molar-refractivity contribution < 1.29 is 14.4 Å². The molecule has 5 nitrogen and oxygen atoms in total. The third kappa shape index (κ3) is 4.84. The Morgan fingerprint density at radius 3 is 2.46 bits per heavy atom. The highest BCUT2D eigenvalue weighted by atomic mass is 35.5. The Labute approximate surface area is 229 Å². The van der Waals surface area contributed by atoms with E-state index in [1.165, 1.54) is 0 Å². The van der Waals surface area contributed by atoms with Crippen molar-refractivity contribution in [3.63, 3.8) is 0 Å². The molecule has 2 unspecified atom stereocenters.